The van der Waals surface area contributed by atoms with Crippen LogP contribution in [0.4, 0.5) is 11.4 Å². The fourth-order valence-corrected chi connectivity index (χ4v) is 5.89. The van der Waals surface area contributed by atoms with Crippen molar-refractivity contribution in [2.24, 2.45) is 5.92 Å². The molecule has 3 heterocycles. The Morgan fingerprint density at radius 3 is 2.31 bits per heavy atom. The van der Waals surface area contributed by atoms with Crippen LogP contribution in [0, 0.1) is 33.6 Å². The van der Waals surface area contributed by atoms with E-state index in [9.17, 15) is 4.79 Å². The standard InChI is InChI=1S/C32H35N5OS/c1-19(2)31(38)34-26-16-15-25(18-20(26)3)37-30(29(35-32(37)39)27-14-10-11-17-33-27)28-21(4)22(5)36(23(28)6)24-12-8-7-9-13-24/h7-19,29-30H,1-6H3,(H,34,38)(H,35,39)/t29-,30-/m0/s1. The van der Waals surface area contributed by atoms with Gasteiger partial charge in [0.25, 0.3) is 0 Å². The van der Waals surface area contributed by atoms with E-state index in [4.69, 9.17) is 17.2 Å². The number of hydrogen-bond acceptors (Lipinski definition) is 3. The number of carbonyl (C=O) groups is 1. The molecule has 0 unspecified atom stereocenters. The maximum atomic E-state index is 12.4. The number of pyridine rings is 1. The number of anilines is 2. The van der Waals surface area contributed by atoms with E-state index in [1.165, 1.54) is 22.5 Å². The lowest BCUT2D eigenvalue weighted by Gasteiger charge is -2.29. The molecular weight excluding hydrogens is 502 g/mol. The summed E-state index contributed by atoms with van der Waals surface area (Å²) < 4.78 is 2.33. The molecule has 0 radical (unpaired) electrons. The maximum Gasteiger partial charge on any atom is 0.226 e. The molecule has 2 atom stereocenters. The van der Waals surface area contributed by atoms with Crippen molar-refractivity contribution >= 4 is 34.6 Å². The van der Waals surface area contributed by atoms with Crippen LogP contribution in [0.15, 0.2) is 72.9 Å². The number of aryl methyl sites for hydroxylation is 1. The van der Waals surface area contributed by atoms with E-state index in [0.29, 0.717) is 5.11 Å². The predicted octanol–water partition coefficient (Wildman–Crippen LogP) is 6.88. The van der Waals surface area contributed by atoms with Crippen molar-refractivity contribution in [3.05, 3.63) is 107 Å². The van der Waals surface area contributed by atoms with Crippen molar-refractivity contribution in [3.8, 4) is 5.69 Å². The molecule has 39 heavy (non-hydrogen) atoms. The fraction of sp³-hybridized carbons (Fsp3) is 0.281. The molecule has 7 heteroatoms. The van der Waals surface area contributed by atoms with Crippen molar-refractivity contribution in [3.63, 3.8) is 0 Å². The van der Waals surface area contributed by atoms with Gasteiger partial charge in [-0.1, -0.05) is 38.1 Å². The van der Waals surface area contributed by atoms with Gasteiger partial charge >= 0.3 is 0 Å². The molecular formula is C32H35N5OS. The van der Waals surface area contributed by atoms with Crippen LogP contribution < -0.4 is 15.5 Å². The molecule has 1 fully saturated rings. The first-order chi connectivity index (χ1) is 18.7. The first-order valence-corrected chi connectivity index (χ1v) is 13.8. The molecule has 6 nitrogen and oxygen atoms in total. The molecule has 2 N–H and O–H groups in total. The number of nitrogens with zero attached hydrogens (tertiary/aromatic N) is 3. The quantitative estimate of drug-likeness (QED) is 0.263. The topological polar surface area (TPSA) is 62.2 Å². The highest BCUT2D eigenvalue weighted by Gasteiger charge is 2.43. The maximum absolute atomic E-state index is 12.4. The number of aromatic nitrogens is 2. The Kier molecular flexibility index (Phi) is 7.28. The van der Waals surface area contributed by atoms with Crippen LogP contribution in [0.5, 0.6) is 0 Å². The van der Waals surface area contributed by atoms with E-state index in [0.717, 1.165) is 28.3 Å². The van der Waals surface area contributed by atoms with Crippen molar-refractivity contribution in [2.75, 3.05) is 10.2 Å². The number of amides is 1. The normalized spacial score (nSPS) is 17.0. The third-order valence-electron chi connectivity index (χ3n) is 7.69. The smallest absolute Gasteiger partial charge is 0.226 e. The van der Waals surface area contributed by atoms with Crippen molar-refractivity contribution in [1.29, 1.82) is 0 Å². The SMILES string of the molecule is Cc1cc(N2C(=S)N[C@@H](c3ccccn3)[C@@H]2c2c(C)c(C)n(-c3ccccc3)c2C)ccc1NC(=O)C(C)C. The molecule has 5 rings (SSSR count). The van der Waals surface area contributed by atoms with Crippen molar-refractivity contribution < 1.29 is 4.79 Å². The monoisotopic (exact) mass is 537 g/mol. The van der Waals surface area contributed by atoms with E-state index >= 15 is 0 Å². The van der Waals surface area contributed by atoms with E-state index in [1.54, 1.807) is 0 Å². The van der Waals surface area contributed by atoms with Crippen LogP contribution in [0.2, 0.25) is 0 Å². The van der Waals surface area contributed by atoms with Gasteiger partial charge in [-0.25, -0.2) is 0 Å². The summed E-state index contributed by atoms with van der Waals surface area (Å²) in [6.07, 6.45) is 1.83. The van der Waals surface area contributed by atoms with Gasteiger partial charge in [0, 0.05) is 46.1 Å². The Morgan fingerprint density at radius 2 is 1.67 bits per heavy atom. The van der Waals surface area contributed by atoms with Gasteiger partial charge in [-0.3, -0.25) is 9.78 Å². The number of rotatable bonds is 6. The number of hydrogen-bond donors (Lipinski definition) is 2. The first kappa shape index (κ1) is 26.6. The zero-order valence-electron chi connectivity index (χ0n) is 23.3. The van der Waals surface area contributed by atoms with Gasteiger partial charge in [0.1, 0.15) is 0 Å². The molecule has 2 aromatic heterocycles. The van der Waals surface area contributed by atoms with Gasteiger partial charge in [-0.2, -0.15) is 0 Å². The van der Waals surface area contributed by atoms with Gasteiger partial charge in [-0.15, -0.1) is 0 Å². The largest absolute Gasteiger partial charge is 0.351 e. The van der Waals surface area contributed by atoms with Gasteiger partial charge in [-0.05, 0) is 93.5 Å². The molecule has 0 saturated carbocycles. The summed E-state index contributed by atoms with van der Waals surface area (Å²) in [5.41, 5.74) is 9.68. The highest BCUT2D eigenvalue weighted by atomic mass is 32.1. The van der Waals surface area contributed by atoms with Gasteiger partial charge in [0.2, 0.25) is 5.91 Å². The third kappa shape index (κ3) is 4.83. The summed E-state index contributed by atoms with van der Waals surface area (Å²) in [5.74, 6) is -0.0907. The minimum Gasteiger partial charge on any atom is -0.351 e. The first-order valence-electron chi connectivity index (χ1n) is 13.3. The Hall–Kier alpha value is -3.97. The lowest BCUT2D eigenvalue weighted by Crippen LogP contribution is -2.30. The second-order valence-corrected chi connectivity index (χ2v) is 10.9. The molecule has 200 valence electrons. The third-order valence-corrected chi connectivity index (χ3v) is 8.00. The molecule has 0 spiro atoms. The highest BCUT2D eigenvalue weighted by molar-refractivity contribution is 7.80. The average Bonchev–Trinajstić information content (AvgIpc) is 3.37. The van der Waals surface area contributed by atoms with Gasteiger partial charge < -0.3 is 20.1 Å². The second kappa shape index (κ2) is 10.7. The van der Waals surface area contributed by atoms with Crippen LogP contribution in [0.1, 0.15) is 59.7 Å². The highest BCUT2D eigenvalue weighted by Crippen LogP contribution is 2.45. The van der Waals surface area contributed by atoms with Crippen LogP contribution in [-0.4, -0.2) is 20.6 Å². The van der Waals surface area contributed by atoms with Crippen LogP contribution in [-0.2, 0) is 4.79 Å². The molecule has 1 aliphatic heterocycles. The van der Waals surface area contributed by atoms with Crippen LogP contribution >= 0.6 is 12.2 Å². The van der Waals surface area contributed by atoms with E-state index < -0.39 is 0 Å². The van der Waals surface area contributed by atoms with Crippen LogP contribution in [0.3, 0.4) is 0 Å². The Labute approximate surface area is 236 Å². The lowest BCUT2D eigenvalue weighted by atomic mass is 9.93. The Balaban J connectivity index is 1.65. The summed E-state index contributed by atoms with van der Waals surface area (Å²) in [6.45, 7) is 12.4. The molecule has 1 saturated heterocycles. The Morgan fingerprint density at radius 1 is 0.949 bits per heavy atom. The summed E-state index contributed by atoms with van der Waals surface area (Å²) in [4.78, 5) is 19.3. The molecule has 1 aliphatic rings. The Bertz CT molecular complexity index is 1530. The van der Waals surface area contributed by atoms with E-state index in [-0.39, 0.29) is 23.9 Å². The number of para-hydroxylation sites is 1. The zero-order chi connectivity index (χ0) is 27.8. The molecule has 0 aliphatic carbocycles. The zero-order valence-corrected chi connectivity index (χ0v) is 24.1. The van der Waals surface area contributed by atoms with E-state index in [1.807, 2.05) is 57.3 Å². The number of benzene rings is 2. The van der Waals surface area contributed by atoms with Gasteiger partial charge in [0.05, 0.1) is 17.8 Å². The predicted molar refractivity (Wildman–Crippen MR) is 163 cm³/mol. The number of carbonyl (C=O) groups excluding carboxylic acids is 1. The van der Waals surface area contributed by atoms with Crippen molar-refractivity contribution in [2.45, 2.75) is 53.6 Å². The summed E-state index contributed by atoms with van der Waals surface area (Å²) in [6, 6.07) is 22.3. The molecule has 1 amide bonds. The summed E-state index contributed by atoms with van der Waals surface area (Å²) in [5, 5.41) is 7.28. The average molecular weight is 538 g/mol. The fourth-order valence-electron chi connectivity index (χ4n) is 5.55. The molecule has 4 aromatic rings. The van der Waals surface area contributed by atoms with Gasteiger partial charge in [0.15, 0.2) is 5.11 Å². The minimum absolute atomic E-state index is 0.00118. The summed E-state index contributed by atoms with van der Waals surface area (Å²) >= 11 is 5.99. The van der Waals surface area contributed by atoms with E-state index in [2.05, 4.69) is 77.3 Å². The van der Waals surface area contributed by atoms with Crippen LogP contribution in [0.25, 0.3) is 5.69 Å². The van der Waals surface area contributed by atoms with Crippen molar-refractivity contribution in [1.82, 2.24) is 14.9 Å². The number of nitrogens with one attached hydrogen (secondary N) is 2. The number of thiocarbonyl (C=S) groups is 1. The summed E-state index contributed by atoms with van der Waals surface area (Å²) in [7, 11) is 0. The minimum atomic E-state index is -0.136. The second-order valence-electron chi connectivity index (χ2n) is 10.5. The molecule has 0 bridgehead atoms. The molecule has 2 aromatic carbocycles. The lowest BCUT2D eigenvalue weighted by molar-refractivity contribution is -0.118.